The Morgan fingerprint density at radius 3 is 2.47 bits per heavy atom. The van der Waals surface area contributed by atoms with Crippen molar-refractivity contribution in [3.8, 4) is 17.2 Å². The summed E-state index contributed by atoms with van der Waals surface area (Å²) in [7, 11) is -0.840. The number of rotatable bonds is 6. The Kier molecular flexibility index (Phi) is 6.95. The van der Waals surface area contributed by atoms with Crippen LogP contribution in [0.3, 0.4) is 0 Å². The molecule has 0 aliphatic carbocycles. The van der Waals surface area contributed by atoms with Crippen LogP contribution in [0.1, 0.15) is 22.8 Å². The number of hydrogen-bond donors (Lipinski definition) is 1. The quantitative estimate of drug-likeness (QED) is 0.259. The van der Waals surface area contributed by atoms with Crippen LogP contribution in [0.25, 0.3) is 6.08 Å². The summed E-state index contributed by atoms with van der Waals surface area (Å²) in [6, 6.07) is 10.9. The van der Waals surface area contributed by atoms with Gasteiger partial charge in [0.05, 0.1) is 43.1 Å². The highest BCUT2D eigenvalue weighted by atomic mass is 32.2. The van der Waals surface area contributed by atoms with Gasteiger partial charge in [-0.2, -0.15) is 9.39 Å². The zero-order chi connectivity index (χ0) is 26.0. The Hall–Kier alpha value is -3.97. The highest BCUT2D eigenvalue weighted by Gasteiger charge is 2.42. The van der Waals surface area contributed by atoms with Crippen LogP contribution in [-0.2, 0) is 14.6 Å². The predicted octanol–water partition coefficient (Wildman–Crippen LogP) is 2.93. The smallest absolute Gasteiger partial charge is 0.343 e. The Balaban J connectivity index is 1.61. The monoisotopic (exact) mass is 528 g/mol. The van der Waals surface area contributed by atoms with Gasteiger partial charge in [-0.25, -0.2) is 18.1 Å². The second kappa shape index (κ2) is 9.95. The lowest BCUT2D eigenvalue weighted by Crippen LogP contribution is -2.45. The Labute approximate surface area is 211 Å². The first-order valence-corrected chi connectivity index (χ1v) is 12.9. The number of amides is 1. The van der Waals surface area contributed by atoms with Gasteiger partial charge in [-0.1, -0.05) is 13.0 Å². The molecule has 2 aliphatic rings. The van der Waals surface area contributed by atoms with Crippen molar-refractivity contribution in [3.05, 3.63) is 59.2 Å². The first-order chi connectivity index (χ1) is 17.2. The first-order valence-electron chi connectivity index (χ1n) is 10.4. The van der Waals surface area contributed by atoms with Crippen molar-refractivity contribution in [1.29, 1.82) is 5.41 Å². The molecular weight excluding hydrogens is 508 g/mol. The van der Waals surface area contributed by atoms with Gasteiger partial charge in [-0.3, -0.25) is 10.2 Å². The number of carbonyl (C=O) groups excluding carboxylic acids is 2. The zero-order valence-corrected chi connectivity index (χ0v) is 21.0. The average molecular weight is 529 g/mol. The third-order valence-electron chi connectivity index (χ3n) is 5.18. The lowest BCUT2D eigenvalue weighted by Gasteiger charge is -2.24. The molecular formula is C23H20N4O7S2. The number of carbonyl (C=O) groups is 2. The van der Waals surface area contributed by atoms with E-state index in [-0.39, 0.29) is 39.0 Å². The van der Waals surface area contributed by atoms with Crippen molar-refractivity contribution < 1.29 is 32.2 Å². The van der Waals surface area contributed by atoms with E-state index in [1.165, 1.54) is 39.4 Å². The predicted molar refractivity (Wildman–Crippen MR) is 135 cm³/mol. The molecule has 0 aromatic heterocycles. The van der Waals surface area contributed by atoms with Crippen molar-refractivity contribution >= 4 is 55.9 Å². The third-order valence-corrected chi connectivity index (χ3v) is 7.59. The topological polar surface area (TPSA) is 148 Å². The number of esters is 1. The molecule has 0 bridgehead atoms. The summed E-state index contributed by atoms with van der Waals surface area (Å²) < 4.78 is 44.5. The number of nitrogens with zero attached hydrogens (tertiary/aromatic N) is 3. The highest BCUT2D eigenvalue weighted by molar-refractivity contribution is 8.16. The van der Waals surface area contributed by atoms with Crippen LogP contribution in [-0.4, -0.2) is 61.3 Å². The molecule has 2 aromatic rings. The molecule has 4 rings (SSSR count). The van der Waals surface area contributed by atoms with Gasteiger partial charge >= 0.3 is 5.97 Å². The molecule has 0 spiro atoms. The summed E-state index contributed by atoms with van der Waals surface area (Å²) >= 11 is 0.727. The van der Waals surface area contributed by atoms with Crippen molar-refractivity contribution in [2.45, 2.75) is 6.92 Å². The van der Waals surface area contributed by atoms with Gasteiger partial charge in [0.15, 0.2) is 11.5 Å². The van der Waals surface area contributed by atoms with Gasteiger partial charge in [-0.05, 0) is 48.0 Å². The van der Waals surface area contributed by atoms with Crippen LogP contribution in [0.4, 0.5) is 0 Å². The van der Waals surface area contributed by atoms with Crippen LogP contribution in [0.5, 0.6) is 17.2 Å². The fourth-order valence-corrected chi connectivity index (χ4v) is 5.20. The lowest BCUT2D eigenvalue weighted by atomic mass is 10.1. The van der Waals surface area contributed by atoms with Gasteiger partial charge < -0.3 is 14.2 Å². The van der Waals surface area contributed by atoms with E-state index in [1.807, 2.05) is 0 Å². The third kappa shape index (κ3) is 4.75. The van der Waals surface area contributed by atoms with Crippen molar-refractivity contribution in [3.63, 3.8) is 0 Å². The van der Waals surface area contributed by atoms with Crippen molar-refractivity contribution in [1.82, 2.24) is 4.90 Å². The molecule has 11 nitrogen and oxygen atoms in total. The number of hydrogen-bond acceptors (Lipinski definition) is 10. The van der Waals surface area contributed by atoms with E-state index in [9.17, 15) is 18.0 Å². The maximum Gasteiger partial charge on any atom is 0.343 e. The minimum Gasteiger partial charge on any atom is -0.497 e. The van der Waals surface area contributed by atoms with Gasteiger partial charge in [0.2, 0.25) is 20.2 Å². The highest BCUT2D eigenvalue weighted by Crippen LogP contribution is 2.33. The summed E-state index contributed by atoms with van der Waals surface area (Å²) in [5.74, 6) is -0.951. The fraction of sp³-hybridized carbons (Fsp3) is 0.174. The number of fused-ring (bicyclic) bond motifs is 1. The Bertz CT molecular complexity index is 1460. The van der Waals surface area contributed by atoms with E-state index in [2.05, 4.69) is 9.39 Å². The lowest BCUT2D eigenvalue weighted by molar-refractivity contribution is -0.114. The van der Waals surface area contributed by atoms with E-state index >= 15 is 0 Å². The standard InChI is InChI=1S/C23H20N4O7S2/c1-4-36(30,31)23-26-35-22-25-20(28)16(19(24)27(22)23)11-13-5-10-17(18(12-13)33-3)34-21(29)14-6-8-15(32-2)9-7-14/h5-12,24H,4H2,1-3H3/b16-11-,24-19?. The van der Waals surface area contributed by atoms with E-state index < -0.39 is 21.7 Å². The molecule has 1 N–H and O–H groups in total. The number of nitrogens with one attached hydrogen (secondary N) is 1. The normalized spacial score (nSPS) is 16.4. The molecule has 0 fully saturated rings. The summed E-state index contributed by atoms with van der Waals surface area (Å²) in [6.45, 7) is 1.46. The summed E-state index contributed by atoms with van der Waals surface area (Å²) in [4.78, 5) is 30.1. The first kappa shape index (κ1) is 25.1. The molecule has 0 radical (unpaired) electrons. The van der Waals surface area contributed by atoms with Crippen molar-refractivity contribution in [2.75, 3.05) is 20.0 Å². The fourth-order valence-electron chi connectivity index (χ4n) is 3.24. The molecule has 0 saturated heterocycles. The molecule has 2 aromatic carbocycles. The molecule has 2 aliphatic heterocycles. The maximum absolute atomic E-state index is 12.6. The maximum atomic E-state index is 12.6. The van der Waals surface area contributed by atoms with Crippen LogP contribution in [0, 0.1) is 5.41 Å². The Morgan fingerprint density at radius 1 is 1.11 bits per heavy atom. The summed E-state index contributed by atoms with van der Waals surface area (Å²) in [5.41, 5.74) is 0.610. The summed E-state index contributed by atoms with van der Waals surface area (Å²) in [5, 5.41) is 8.15. The number of benzene rings is 2. The van der Waals surface area contributed by atoms with Gasteiger partial charge in [-0.15, -0.1) is 0 Å². The van der Waals surface area contributed by atoms with E-state index in [4.69, 9.17) is 19.6 Å². The second-order valence-electron chi connectivity index (χ2n) is 7.34. The number of aliphatic imine (C=N–C) groups is 1. The molecule has 2 heterocycles. The minimum atomic E-state index is -3.75. The van der Waals surface area contributed by atoms with Crippen molar-refractivity contribution in [2.24, 2.45) is 9.39 Å². The molecule has 0 atom stereocenters. The Morgan fingerprint density at radius 2 is 1.83 bits per heavy atom. The minimum absolute atomic E-state index is 0.00699. The molecule has 0 saturated carbocycles. The number of ether oxygens (including phenoxy) is 3. The van der Waals surface area contributed by atoms with Crippen LogP contribution >= 0.6 is 11.9 Å². The van der Waals surface area contributed by atoms with Gasteiger partial charge in [0.1, 0.15) is 11.6 Å². The molecule has 0 unspecified atom stereocenters. The molecule has 13 heteroatoms. The molecule has 1 amide bonds. The van der Waals surface area contributed by atoms with E-state index in [1.54, 1.807) is 30.3 Å². The van der Waals surface area contributed by atoms with Crippen LogP contribution in [0.15, 0.2) is 57.4 Å². The van der Waals surface area contributed by atoms with E-state index in [0.29, 0.717) is 16.9 Å². The van der Waals surface area contributed by atoms with Gasteiger partial charge in [0, 0.05) is 0 Å². The SMILES string of the molecule is CCS(=O)(=O)C1=NSC2=NC(=O)/C(=C\c3ccc(OC(=O)c4ccc(OC)cc4)c(OC)c3)C(=N)N21. The number of amidine groups is 3. The number of sulfone groups is 1. The van der Waals surface area contributed by atoms with Gasteiger partial charge in [0.25, 0.3) is 5.91 Å². The van der Waals surface area contributed by atoms with E-state index in [0.717, 1.165) is 16.8 Å². The second-order valence-corrected chi connectivity index (χ2v) is 10.2. The molecule has 36 heavy (non-hydrogen) atoms. The summed E-state index contributed by atoms with van der Waals surface area (Å²) in [6.07, 6.45) is 1.38. The average Bonchev–Trinajstić information content (AvgIpc) is 3.32. The molecule has 186 valence electrons. The van der Waals surface area contributed by atoms with Crippen LogP contribution in [0.2, 0.25) is 0 Å². The van der Waals surface area contributed by atoms with Crippen LogP contribution < -0.4 is 14.2 Å². The largest absolute Gasteiger partial charge is 0.497 e. The zero-order valence-electron chi connectivity index (χ0n) is 19.3. The number of methoxy groups -OCH3 is 2.